The fraction of sp³-hybridized carbons (Fsp3) is 0.105. The van der Waals surface area contributed by atoms with E-state index >= 15 is 0 Å². The van der Waals surface area contributed by atoms with E-state index < -0.39 is 0 Å². The molecule has 4 aromatic rings. The van der Waals surface area contributed by atoms with Crippen molar-refractivity contribution in [1.29, 1.82) is 0 Å². The van der Waals surface area contributed by atoms with Gasteiger partial charge >= 0.3 is 0 Å². The maximum Gasteiger partial charge on any atom is 0.252 e. The van der Waals surface area contributed by atoms with Gasteiger partial charge in [-0.3, -0.25) is 9.78 Å². The zero-order chi connectivity index (χ0) is 17.1. The lowest BCUT2D eigenvalue weighted by Gasteiger charge is -2.01. The Kier molecular flexibility index (Phi) is 4.26. The van der Waals surface area contributed by atoms with Gasteiger partial charge in [-0.2, -0.15) is 0 Å². The van der Waals surface area contributed by atoms with Crippen LogP contribution >= 0.6 is 11.3 Å². The number of carbonyl (C=O) groups is 1. The van der Waals surface area contributed by atoms with Gasteiger partial charge in [-0.15, -0.1) is 11.3 Å². The van der Waals surface area contributed by atoms with Gasteiger partial charge in [0, 0.05) is 42.5 Å². The van der Waals surface area contributed by atoms with Crippen LogP contribution in [0.2, 0.25) is 0 Å². The highest BCUT2D eigenvalue weighted by Gasteiger charge is 2.09. The van der Waals surface area contributed by atoms with Crippen LogP contribution in [0.3, 0.4) is 0 Å². The number of hydrogen-bond acceptors (Lipinski definition) is 4. The van der Waals surface area contributed by atoms with E-state index in [1.807, 2.05) is 64.6 Å². The number of carbonyl (C=O) groups excluding carboxylic acids is 1. The van der Waals surface area contributed by atoms with Crippen LogP contribution in [0.1, 0.15) is 15.4 Å². The normalized spacial score (nSPS) is 10.9. The molecule has 0 spiro atoms. The lowest BCUT2D eigenvalue weighted by molar-refractivity contribution is 0.0954. The lowest BCUT2D eigenvalue weighted by atomic mass is 10.3. The van der Waals surface area contributed by atoms with Crippen LogP contribution in [-0.4, -0.2) is 26.8 Å². The van der Waals surface area contributed by atoms with Crippen LogP contribution in [0.5, 0.6) is 0 Å². The molecule has 4 aromatic heterocycles. The Balaban J connectivity index is 1.36. The Morgan fingerprint density at radius 2 is 2.08 bits per heavy atom. The number of fused-ring (bicyclic) bond motifs is 1. The molecule has 0 atom stereocenters. The average Bonchev–Trinajstić information content (AvgIpc) is 3.29. The molecule has 1 amide bonds. The van der Waals surface area contributed by atoms with E-state index in [2.05, 4.69) is 15.3 Å². The first-order chi connectivity index (χ1) is 12.3. The first-order valence-corrected chi connectivity index (χ1v) is 8.88. The summed E-state index contributed by atoms with van der Waals surface area (Å²) in [4.78, 5) is 21.2. The van der Waals surface area contributed by atoms with Gasteiger partial charge in [0.25, 0.3) is 5.91 Å². The van der Waals surface area contributed by atoms with E-state index in [0.717, 1.165) is 21.9 Å². The molecule has 4 rings (SSSR count). The third kappa shape index (κ3) is 3.44. The van der Waals surface area contributed by atoms with Crippen molar-refractivity contribution in [1.82, 2.24) is 19.7 Å². The van der Waals surface area contributed by atoms with Crippen molar-refractivity contribution in [2.45, 2.75) is 6.42 Å². The summed E-state index contributed by atoms with van der Waals surface area (Å²) in [6.45, 7) is 0.556. The van der Waals surface area contributed by atoms with E-state index in [9.17, 15) is 4.79 Å². The predicted octanol–water partition coefficient (Wildman–Crippen LogP) is 3.43. The second-order valence-electron chi connectivity index (χ2n) is 5.61. The van der Waals surface area contributed by atoms with Gasteiger partial charge in [-0.25, -0.2) is 4.98 Å². The van der Waals surface area contributed by atoms with Crippen LogP contribution in [0, 0.1) is 0 Å². The first kappa shape index (κ1) is 15.5. The fourth-order valence-electron chi connectivity index (χ4n) is 2.62. The highest BCUT2D eigenvalue weighted by Crippen LogP contribution is 2.19. The molecule has 25 heavy (non-hydrogen) atoms. The molecule has 5 nitrogen and oxygen atoms in total. The topological polar surface area (TPSA) is 59.3 Å². The van der Waals surface area contributed by atoms with Gasteiger partial charge in [-0.1, -0.05) is 12.1 Å². The maximum atomic E-state index is 12.3. The third-order valence-corrected chi connectivity index (χ3v) is 4.78. The van der Waals surface area contributed by atoms with Crippen LogP contribution in [0.15, 0.2) is 66.4 Å². The first-order valence-electron chi connectivity index (χ1n) is 8.00. The molecule has 4 heterocycles. The van der Waals surface area contributed by atoms with E-state index in [4.69, 9.17) is 0 Å². The molecule has 0 aliphatic heterocycles. The summed E-state index contributed by atoms with van der Waals surface area (Å²) < 4.78 is 1.94. The molecule has 0 aliphatic rings. The molecule has 0 fully saturated rings. The van der Waals surface area contributed by atoms with Crippen molar-refractivity contribution in [3.05, 3.63) is 77.0 Å². The number of amides is 1. The van der Waals surface area contributed by atoms with Gasteiger partial charge < -0.3 is 9.72 Å². The molecule has 0 aromatic carbocycles. The summed E-state index contributed by atoms with van der Waals surface area (Å²) in [5, 5.41) is 5.95. The monoisotopic (exact) mass is 348 g/mol. The van der Waals surface area contributed by atoms with Crippen LogP contribution < -0.4 is 5.32 Å². The quantitative estimate of drug-likeness (QED) is 0.601. The smallest absolute Gasteiger partial charge is 0.252 e. The van der Waals surface area contributed by atoms with E-state index in [-0.39, 0.29) is 5.91 Å². The standard InChI is InChI=1S/C19H16N4OS/c24-19(14-11-15-5-2-4-10-23(15)12-14)21-9-7-18-22-17(13-25-18)16-6-1-3-8-20-16/h1-6,8,10-13H,7,9H2,(H,21,24). The summed E-state index contributed by atoms with van der Waals surface area (Å²) in [7, 11) is 0. The molecule has 6 heteroatoms. The highest BCUT2D eigenvalue weighted by molar-refractivity contribution is 7.09. The predicted molar refractivity (Wildman–Crippen MR) is 98.8 cm³/mol. The van der Waals surface area contributed by atoms with Gasteiger partial charge in [0.1, 0.15) is 0 Å². The molecular formula is C19H16N4OS. The summed E-state index contributed by atoms with van der Waals surface area (Å²) in [6.07, 6.45) is 6.24. The molecule has 0 aliphatic carbocycles. The summed E-state index contributed by atoms with van der Waals surface area (Å²) >= 11 is 1.59. The average molecular weight is 348 g/mol. The fourth-order valence-corrected chi connectivity index (χ4v) is 3.41. The molecule has 124 valence electrons. The Morgan fingerprint density at radius 3 is 2.92 bits per heavy atom. The van der Waals surface area contributed by atoms with Gasteiger partial charge in [0.05, 0.1) is 22.0 Å². The van der Waals surface area contributed by atoms with Crippen LogP contribution in [0.4, 0.5) is 0 Å². The number of hydrogen-bond donors (Lipinski definition) is 1. The second kappa shape index (κ2) is 6.86. The minimum absolute atomic E-state index is 0.0646. The molecule has 0 radical (unpaired) electrons. The Bertz CT molecular complexity index is 973. The Hall–Kier alpha value is -2.99. The van der Waals surface area contributed by atoms with Crippen LogP contribution in [0.25, 0.3) is 16.9 Å². The number of pyridine rings is 2. The van der Waals surface area contributed by atoms with Gasteiger partial charge in [-0.05, 0) is 30.3 Å². The van der Waals surface area contributed by atoms with E-state index in [0.29, 0.717) is 18.5 Å². The zero-order valence-corrected chi connectivity index (χ0v) is 14.2. The second-order valence-corrected chi connectivity index (χ2v) is 6.55. The van der Waals surface area contributed by atoms with Crippen molar-refractivity contribution in [3.8, 4) is 11.4 Å². The molecule has 0 saturated heterocycles. The molecule has 0 saturated carbocycles. The number of aromatic nitrogens is 3. The SMILES string of the molecule is O=C(NCCc1nc(-c2ccccn2)cs1)c1cc2ccccn2c1. The zero-order valence-electron chi connectivity index (χ0n) is 13.4. The van der Waals surface area contributed by atoms with E-state index in [1.165, 1.54) is 0 Å². The molecule has 0 bridgehead atoms. The largest absolute Gasteiger partial charge is 0.352 e. The maximum absolute atomic E-state index is 12.3. The number of rotatable bonds is 5. The Morgan fingerprint density at radius 1 is 1.16 bits per heavy atom. The minimum Gasteiger partial charge on any atom is -0.352 e. The number of thiazole rings is 1. The summed E-state index contributed by atoms with van der Waals surface area (Å²) in [5.74, 6) is -0.0646. The molecule has 0 unspecified atom stereocenters. The number of nitrogens with zero attached hydrogens (tertiary/aromatic N) is 3. The Labute approximate surface area is 149 Å². The van der Waals surface area contributed by atoms with Crippen molar-refractivity contribution >= 4 is 22.8 Å². The van der Waals surface area contributed by atoms with Crippen molar-refractivity contribution in [2.75, 3.05) is 6.54 Å². The molecule has 1 N–H and O–H groups in total. The summed E-state index contributed by atoms with van der Waals surface area (Å²) in [5.41, 5.74) is 3.42. The van der Waals surface area contributed by atoms with Gasteiger partial charge in [0.2, 0.25) is 0 Å². The lowest BCUT2D eigenvalue weighted by Crippen LogP contribution is -2.25. The van der Waals surface area contributed by atoms with Crippen molar-refractivity contribution in [3.63, 3.8) is 0 Å². The van der Waals surface area contributed by atoms with E-state index in [1.54, 1.807) is 17.5 Å². The highest BCUT2D eigenvalue weighted by atomic mass is 32.1. The number of nitrogens with one attached hydrogen (secondary N) is 1. The van der Waals surface area contributed by atoms with Crippen LogP contribution in [-0.2, 0) is 6.42 Å². The minimum atomic E-state index is -0.0646. The van der Waals surface area contributed by atoms with Gasteiger partial charge in [0.15, 0.2) is 0 Å². The third-order valence-electron chi connectivity index (χ3n) is 3.87. The van der Waals surface area contributed by atoms with Crippen molar-refractivity contribution < 1.29 is 4.79 Å². The van der Waals surface area contributed by atoms with Crippen molar-refractivity contribution in [2.24, 2.45) is 0 Å². The summed E-state index contributed by atoms with van der Waals surface area (Å²) in [6, 6.07) is 13.5. The molecular weight excluding hydrogens is 332 g/mol.